The lowest BCUT2D eigenvalue weighted by atomic mass is 10.1. The van der Waals surface area contributed by atoms with E-state index in [9.17, 15) is 9.59 Å². The molecule has 0 aromatic heterocycles. The Labute approximate surface area is 160 Å². The van der Waals surface area contributed by atoms with E-state index in [0.29, 0.717) is 18.7 Å². The van der Waals surface area contributed by atoms with Gasteiger partial charge in [-0.05, 0) is 46.4 Å². The highest BCUT2D eigenvalue weighted by atomic mass is 127. The Morgan fingerprint density at radius 1 is 0.960 bits per heavy atom. The zero-order chi connectivity index (χ0) is 17.8. The molecule has 0 spiro atoms. The third-order valence-electron chi connectivity index (χ3n) is 4.30. The molecule has 1 N–H and O–H groups in total. The molecule has 0 bridgehead atoms. The first kappa shape index (κ1) is 17.9. The van der Waals surface area contributed by atoms with Crippen molar-refractivity contribution in [2.24, 2.45) is 0 Å². The summed E-state index contributed by atoms with van der Waals surface area (Å²) >= 11 is 2.04. The van der Waals surface area contributed by atoms with Crippen LogP contribution in [-0.4, -0.2) is 53.0 Å². The van der Waals surface area contributed by atoms with E-state index >= 15 is 0 Å². The lowest BCUT2D eigenvalue weighted by molar-refractivity contribution is 0.0628. The van der Waals surface area contributed by atoms with Gasteiger partial charge in [0.05, 0.1) is 5.56 Å². The van der Waals surface area contributed by atoms with Crippen molar-refractivity contribution in [1.82, 2.24) is 9.80 Å². The molecule has 1 saturated heterocycles. The van der Waals surface area contributed by atoms with Gasteiger partial charge in [0.1, 0.15) is 0 Å². The Kier molecular flexibility index (Phi) is 5.70. The molecule has 3 rings (SSSR count). The van der Waals surface area contributed by atoms with Crippen molar-refractivity contribution in [3.05, 3.63) is 68.8 Å². The summed E-state index contributed by atoms with van der Waals surface area (Å²) in [4.78, 5) is 28.0. The molecule has 0 unspecified atom stereocenters. The molecule has 1 aliphatic rings. The number of carboxylic acid groups (broad SMARTS) is 1. The van der Waals surface area contributed by atoms with E-state index < -0.39 is 5.97 Å². The number of benzene rings is 2. The van der Waals surface area contributed by atoms with E-state index in [2.05, 4.69) is 17.0 Å². The molecular weight excluding hydrogens is 431 g/mol. The molecular formula is C19H19IN2O3. The van der Waals surface area contributed by atoms with E-state index in [1.165, 1.54) is 11.6 Å². The zero-order valence-corrected chi connectivity index (χ0v) is 15.8. The monoisotopic (exact) mass is 450 g/mol. The Morgan fingerprint density at radius 3 is 2.24 bits per heavy atom. The van der Waals surface area contributed by atoms with Gasteiger partial charge in [0.2, 0.25) is 0 Å². The van der Waals surface area contributed by atoms with Gasteiger partial charge in [-0.3, -0.25) is 9.69 Å². The molecule has 0 aliphatic carbocycles. The van der Waals surface area contributed by atoms with Crippen LogP contribution < -0.4 is 0 Å². The van der Waals surface area contributed by atoms with Crippen molar-refractivity contribution in [2.75, 3.05) is 26.2 Å². The maximum Gasteiger partial charge on any atom is 0.335 e. The van der Waals surface area contributed by atoms with E-state index in [0.717, 1.165) is 23.2 Å². The maximum absolute atomic E-state index is 12.7. The quantitative estimate of drug-likeness (QED) is 0.728. The number of carbonyl (C=O) groups excluding carboxylic acids is 1. The minimum atomic E-state index is -1.01. The van der Waals surface area contributed by atoms with Crippen LogP contribution in [0.2, 0.25) is 0 Å². The summed E-state index contributed by atoms with van der Waals surface area (Å²) in [5.74, 6) is -1.11. The van der Waals surface area contributed by atoms with Crippen molar-refractivity contribution in [3.63, 3.8) is 0 Å². The average molecular weight is 450 g/mol. The number of nitrogens with zero attached hydrogens (tertiary/aromatic N) is 2. The molecule has 2 aromatic rings. The van der Waals surface area contributed by atoms with Gasteiger partial charge in [-0.1, -0.05) is 30.3 Å². The number of piperazine rings is 1. The van der Waals surface area contributed by atoms with Crippen LogP contribution in [0.5, 0.6) is 0 Å². The molecule has 0 radical (unpaired) electrons. The molecule has 5 nitrogen and oxygen atoms in total. The highest BCUT2D eigenvalue weighted by molar-refractivity contribution is 14.1. The topological polar surface area (TPSA) is 60.9 Å². The molecule has 2 aromatic carbocycles. The van der Waals surface area contributed by atoms with Crippen LogP contribution in [0.15, 0.2) is 48.5 Å². The highest BCUT2D eigenvalue weighted by Crippen LogP contribution is 2.16. The lowest BCUT2D eigenvalue weighted by Gasteiger charge is -2.34. The summed E-state index contributed by atoms with van der Waals surface area (Å²) in [7, 11) is 0. The van der Waals surface area contributed by atoms with Crippen LogP contribution in [-0.2, 0) is 6.54 Å². The smallest absolute Gasteiger partial charge is 0.335 e. The first-order chi connectivity index (χ1) is 12.0. The molecule has 25 heavy (non-hydrogen) atoms. The van der Waals surface area contributed by atoms with Gasteiger partial charge in [0.15, 0.2) is 0 Å². The van der Waals surface area contributed by atoms with Gasteiger partial charge in [-0.2, -0.15) is 0 Å². The number of carboxylic acids is 1. The third kappa shape index (κ3) is 4.58. The SMILES string of the molecule is O=C(O)c1cc(I)cc(C(=O)N2CCN(Cc3ccccc3)CC2)c1. The van der Waals surface area contributed by atoms with Gasteiger partial charge in [-0.15, -0.1) is 0 Å². The number of hydrogen-bond acceptors (Lipinski definition) is 3. The van der Waals surface area contributed by atoms with Gasteiger partial charge in [-0.25, -0.2) is 4.79 Å². The summed E-state index contributed by atoms with van der Waals surface area (Å²) in [5.41, 5.74) is 1.87. The first-order valence-electron chi connectivity index (χ1n) is 8.12. The summed E-state index contributed by atoms with van der Waals surface area (Å²) < 4.78 is 0.753. The largest absolute Gasteiger partial charge is 0.478 e. The average Bonchev–Trinajstić information content (AvgIpc) is 2.62. The molecule has 0 saturated carbocycles. The number of hydrogen-bond donors (Lipinski definition) is 1. The summed E-state index contributed by atoms with van der Waals surface area (Å²) in [6, 6.07) is 15.1. The fourth-order valence-corrected chi connectivity index (χ4v) is 3.64. The Bertz CT molecular complexity index is 771. The molecule has 0 atom stereocenters. The van der Waals surface area contributed by atoms with E-state index in [-0.39, 0.29) is 11.5 Å². The van der Waals surface area contributed by atoms with E-state index in [1.807, 2.05) is 40.8 Å². The van der Waals surface area contributed by atoms with Gasteiger partial charge in [0, 0.05) is 41.9 Å². The number of aromatic carboxylic acids is 1. The summed E-state index contributed by atoms with van der Waals surface area (Å²) in [6.07, 6.45) is 0. The molecule has 1 heterocycles. The third-order valence-corrected chi connectivity index (χ3v) is 4.92. The number of amides is 1. The Balaban J connectivity index is 1.63. The van der Waals surface area contributed by atoms with Crippen molar-refractivity contribution >= 4 is 34.5 Å². The second-order valence-electron chi connectivity index (χ2n) is 6.09. The highest BCUT2D eigenvalue weighted by Gasteiger charge is 2.23. The Morgan fingerprint density at radius 2 is 1.60 bits per heavy atom. The standard InChI is InChI=1S/C19H19IN2O3/c20-17-11-15(10-16(12-17)19(24)25)18(23)22-8-6-21(7-9-22)13-14-4-2-1-3-5-14/h1-5,10-12H,6-9,13H2,(H,24,25). The van der Waals surface area contributed by atoms with Crippen LogP contribution in [0, 0.1) is 3.57 Å². The van der Waals surface area contributed by atoms with Crippen molar-refractivity contribution in [2.45, 2.75) is 6.54 Å². The van der Waals surface area contributed by atoms with Crippen LogP contribution in [0.4, 0.5) is 0 Å². The van der Waals surface area contributed by atoms with Crippen LogP contribution in [0.1, 0.15) is 26.3 Å². The lowest BCUT2D eigenvalue weighted by Crippen LogP contribution is -2.48. The van der Waals surface area contributed by atoms with Crippen molar-refractivity contribution in [1.29, 1.82) is 0 Å². The fourth-order valence-electron chi connectivity index (χ4n) is 2.97. The van der Waals surface area contributed by atoms with Crippen LogP contribution >= 0.6 is 22.6 Å². The normalized spacial score (nSPS) is 15.2. The van der Waals surface area contributed by atoms with Gasteiger partial charge in [0.25, 0.3) is 5.91 Å². The summed E-state index contributed by atoms with van der Waals surface area (Å²) in [6.45, 7) is 3.82. The molecule has 130 valence electrons. The number of carbonyl (C=O) groups is 2. The molecule has 6 heteroatoms. The fraction of sp³-hybridized carbons (Fsp3) is 0.263. The first-order valence-corrected chi connectivity index (χ1v) is 9.20. The zero-order valence-electron chi connectivity index (χ0n) is 13.7. The molecule has 1 aliphatic heterocycles. The molecule has 1 amide bonds. The minimum Gasteiger partial charge on any atom is -0.478 e. The number of halogens is 1. The Hall–Kier alpha value is -1.93. The van der Waals surface area contributed by atoms with E-state index in [1.54, 1.807) is 17.0 Å². The van der Waals surface area contributed by atoms with E-state index in [4.69, 9.17) is 5.11 Å². The molecule has 1 fully saturated rings. The summed E-state index contributed by atoms with van der Waals surface area (Å²) in [5, 5.41) is 9.17. The van der Waals surface area contributed by atoms with Crippen molar-refractivity contribution in [3.8, 4) is 0 Å². The second kappa shape index (κ2) is 7.97. The van der Waals surface area contributed by atoms with Crippen LogP contribution in [0.3, 0.4) is 0 Å². The predicted octanol–water partition coefficient (Wildman–Crippen LogP) is 2.95. The van der Waals surface area contributed by atoms with Crippen molar-refractivity contribution < 1.29 is 14.7 Å². The second-order valence-corrected chi connectivity index (χ2v) is 7.33. The predicted molar refractivity (Wildman–Crippen MR) is 104 cm³/mol. The van der Waals surface area contributed by atoms with Crippen LogP contribution in [0.25, 0.3) is 0 Å². The maximum atomic E-state index is 12.7. The van der Waals surface area contributed by atoms with Gasteiger partial charge >= 0.3 is 5.97 Å². The minimum absolute atomic E-state index is 0.0969. The van der Waals surface area contributed by atoms with Gasteiger partial charge < -0.3 is 10.0 Å². The number of rotatable bonds is 4.